The van der Waals surface area contributed by atoms with Crippen molar-refractivity contribution in [2.75, 3.05) is 31.7 Å². The van der Waals surface area contributed by atoms with Gasteiger partial charge in [-0.15, -0.1) is 0 Å². The highest BCUT2D eigenvalue weighted by Gasteiger charge is 2.32. The largest absolute Gasteiger partial charge is 0.496 e. The van der Waals surface area contributed by atoms with Crippen LogP contribution in [-0.2, 0) is 17.6 Å². The summed E-state index contributed by atoms with van der Waals surface area (Å²) in [5.74, 6) is 4.08. The van der Waals surface area contributed by atoms with Crippen LogP contribution in [0.2, 0.25) is 0 Å². The fourth-order valence-electron chi connectivity index (χ4n) is 4.24. The van der Waals surface area contributed by atoms with Gasteiger partial charge in [0.15, 0.2) is 0 Å². The van der Waals surface area contributed by atoms with E-state index in [1.807, 2.05) is 11.8 Å². The second-order valence-corrected chi connectivity index (χ2v) is 8.43. The molecule has 0 aromatic heterocycles. The van der Waals surface area contributed by atoms with Gasteiger partial charge in [0.25, 0.3) is 0 Å². The third-order valence-corrected chi connectivity index (χ3v) is 6.82. The minimum absolute atomic E-state index is 0.118. The van der Waals surface area contributed by atoms with Crippen molar-refractivity contribution in [3.05, 3.63) is 28.3 Å². The van der Waals surface area contributed by atoms with Crippen molar-refractivity contribution in [3.63, 3.8) is 0 Å². The molecule has 2 aliphatic rings. The second-order valence-electron chi connectivity index (χ2n) is 7.21. The van der Waals surface area contributed by atoms with Gasteiger partial charge < -0.3 is 9.64 Å². The molecule has 0 N–H and O–H groups in total. The number of hydrogen-bond acceptors (Lipinski definition) is 3. The number of thioether (sulfide) groups is 1. The van der Waals surface area contributed by atoms with Crippen LogP contribution in [-0.4, -0.2) is 42.5 Å². The zero-order chi connectivity index (χ0) is 17.3. The van der Waals surface area contributed by atoms with Crippen molar-refractivity contribution in [2.24, 2.45) is 11.8 Å². The summed E-state index contributed by atoms with van der Waals surface area (Å²) in [4.78, 5) is 15.0. The Morgan fingerprint density at radius 2 is 2.00 bits per heavy atom. The smallest absolute Gasteiger partial charge is 0.225 e. The Kier molecular flexibility index (Phi) is 5.43. The topological polar surface area (TPSA) is 29.5 Å². The summed E-state index contributed by atoms with van der Waals surface area (Å²) in [6.45, 7) is 8.32. The average molecular weight is 348 g/mol. The van der Waals surface area contributed by atoms with Crippen LogP contribution in [0.15, 0.2) is 6.07 Å². The Bertz CT molecular complexity index is 623. The van der Waals surface area contributed by atoms with Gasteiger partial charge in [0, 0.05) is 30.5 Å². The molecular weight excluding hydrogens is 318 g/mol. The summed E-state index contributed by atoms with van der Waals surface area (Å²) >= 11 is 1.95. The van der Waals surface area contributed by atoms with Crippen LogP contribution < -0.4 is 4.74 Å². The lowest BCUT2D eigenvalue weighted by Crippen LogP contribution is -2.43. The highest BCUT2D eigenvalue weighted by atomic mass is 32.2. The number of carbonyl (C=O) groups is 1. The Balaban J connectivity index is 1.78. The van der Waals surface area contributed by atoms with Crippen LogP contribution in [0.3, 0.4) is 0 Å². The molecule has 3 nitrogen and oxygen atoms in total. The van der Waals surface area contributed by atoms with E-state index in [-0.39, 0.29) is 5.92 Å². The van der Waals surface area contributed by atoms with Gasteiger partial charge in [0.05, 0.1) is 7.11 Å². The third kappa shape index (κ3) is 3.30. The fourth-order valence-corrected chi connectivity index (χ4v) is 5.14. The first-order valence-electron chi connectivity index (χ1n) is 9.05. The van der Waals surface area contributed by atoms with Gasteiger partial charge in [0.1, 0.15) is 5.75 Å². The molecule has 0 radical (unpaired) electrons. The molecule has 1 aromatic rings. The number of methoxy groups -OCH3 is 1. The molecule has 1 aromatic carbocycles. The Morgan fingerprint density at radius 3 is 2.67 bits per heavy atom. The normalized spacial score (nSPS) is 22.0. The number of fused-ring (bicyclic) bond motifs is 1. The van der Waals surface area contributed by atoms with Gasteiger partial charge in [-0.3, -0.25) is 4.79 Å². The van der Waals surface area contributed by atoms with Crippen molar-refractivity contribution < 1.29 is 9.53 Å². The average Bonchev–Trinajstić information content (AvgIpc) is 2.63. The molecule has 4 heteroatoms. The Hall–Kier alpha value is -1.16. The first kappa shape index (κ1) is 17.7. The molecule has 1 aliphatic heterocycles. The molecule has 24 heavy (non-hydrogen) atoms. The molecule has 0 bridgehead atoms. The molecule has 1 amide bonds. The van der Waals surface area contributed by atoms with Gasteiger partial charge in [-0.05, 0) is 67.3 Å². The molecule has 132 valence electrons. The SMILES string of the molecule is COc1cc(C)c2c(c1C)CC(C(C)C(=O)N1CCSCC1)CC2. The van der Waals surface area contributed by atoms with E-state index in [1.54, 1.807) is 7.11 Å². The molecule has 2 atom stereocenters. The van der Waals surface area contributed by atoms with Crippen molar-refractivity contribution >= 4 is 17.7 Å². The van der Waals surface area contributed by atoms with E-state index < -0.39 is 0 Å². The van der Waals surface area contributed by atoms with Gasteiger partial charge in [0.2, 0.25) is 5.91 Å². The van der Waals surface area contributed by atoms with Gasteiger partial charge in [-0.1, -0.05) is 6.92 Å². The fraction of sp³-hybridized carbons (Fsp3) is 0.650. The lowest BCUT2D eigenvalue weighted by molar-refractivity contribution is -0.136. The van der Waals surface area contributed by atoms with Crippen LogP contribution in [0.1, 0.15) is 35.6 Å². The van der Waals surface area contributed by atoms with Crippen molar-refractivity contribution in [2.45, 2.75) is 40.0 Å². The molecule has 3 rings (SSSR count). The Labute approximate surface area is 150 Å². The number of aryl methyl sites for hydroxylation is 1. The highest BCUT2D eigenvalue weighted by molar-refractivity contribution is 7.99. The van der Waals surface area contributed by atoms with E-state index >= 15 is 0 Å². The van der Waals surface area contributed by atoms with Crippen molar-refractivity contribution in [3.8, 4) is 5.75 Å². The lowest BCUT2D eigenvalue weighted by atomic mass is 9.74. The summed E-state index contributed by atoms with van der Waals surface area (Å²) in [5, 5.41) is 0. The predicted octanol–water partition coefficient (Wildman–Crippen LogP) is 3.63. The number of hydrogen-bond donors (Lipinski definition) is 0. The minimum Gasteiger partial charge on any atom is -0.496 e. The molecule has 0 saturated carbocycles. The zero-order valence-electron chi connectivity index (χ0n) is 15.4. The number of benzene rings is 1. The van der Waals surface area contributed by atoms with Gasteiger partial charge in [-0.2, -0.15) is 11.8 Å². The lowest BCUT2D eigenvalue weighted by Gasteiger charge is -2.35. The first-order chi connectivity index (χ1) is 11.5. The molecule has 1 aliphatic carbocycles. The van der Waals surface area contributed by atoms with E-state index in [0.717, 1.165) is 49.6 Å². The van der Waals surface area contributed by atoms with Crippen LogP contribution >= 0.6 is 11.8 Å². The highest BCUT2D eigenvalue weighted by Crippen LogP contribution is 2.38. The van der Waals surface area contributed by atoms with E-state index in [9.17, 15) is 4.79 Å². The zero-order valence-corrected chi connectivity index (χ0v) is 16.2. The van der Waals surface area contributed by atoms with E-state index in [4.69, 9.17) is 4.74 Å². The van der Waals surface area contributed by atoms with Gasteiger partial charge in [-0.25, -0.2) is 0 Å². The summed E-state index contributed by atoms with van der Waals surface area (Å²) in [6.07, 6.45) is 3.22. The van der Waals surface area contributed by atoms with Crippen LogP contribution in [0.25, 0.3) is 0 Å². The number of amides is 1. The quantitative estimate of drug-likeness (QED) is 0.836. The minimum atomic E-state index is 0.118. The second kappa shape index (κ2) is 7.38. The van der Waals surface area contributed by atoms with E-state index in [2.05, 4.69) is 31.7 Å². The predicted molar refractivity (Wildman–Crippen MR) is 101 cm³/mol. The first-order valence-corrected chi connectivity index (χ1v) is 10.2. The van der Waals surface area contributed by atoms with Crippen LogP contribution in [0, 0.1) is 25.7 Å². The van der Waals surface area contributed by atoms with Crippen molar-refractivity contribution in [1.29, 1.82) is 0 Å². The number of rotatable bonds is 3. The number of ether oxygens (including phenoxy) is 1. The number of carbonyl (C=O) groups excluding carboxylic acids is 1. The maximum atomic E-state index is 12.9. The van der Waals surface area contributed by atoms with Gasteiger partial charge >= 0.3 is 0 Å². The van der Waals surface area contributed by atoms with Crippen LogP contribution in [0.4, 0.5) is 0 Å². The monoisotopic (exact) mass is 347 g/mol. The molecule has 0 spiro atoms. The summed E-state index contributed by atoms with van der Waals surface area (Å²) in [6, 6.07) is 2.16. The maximum Gasteiger partial charge on any atom is 0.225 e. The standard InChI is InChI=1S/C20H29NO2S/c1-13-11-19(23-4)15(3)18-12-16(5-6-17(13)18)14(2)20(22)21-7-9-24-10-8-21/h11,14,16H,5-10,12H2,1-4H3. The van der Waals surface area contributed by atoms with Crippen molar-refractivity contribution in [1.82, 2.24) is 4.90 Å². The Morgan fingerprint density at radius 1 is 1.29 bits per heavy atom. The molecular formula is C20H29NO2S. The molecule has 1 heterocycles. The molecule has 1 fully saturated rings. The molecule has 1 saturated heterocycles. The number of nitrogens with zero attached hydrogens (tertiary/aromatic N) is 1. The summed E-state index contributed by atoms with van der Waals surface area (Å²) in [5.41, 5.74) is 5.50. The maximum absolute atomic E-state index is 12.9. The summed E-state index contributed by atoms with van der Waals surface area (Å²) in [7, 11) is 1.75. The van der Waals surface area contributed by atoms with Crippen LogP contribution in [0.5, 0.6) is 5.75 Å². The van der Waals surface area contributed by atoms with E-state index in [0.29, 0.717) is 11.8 Å². The summed E-state index contributed by atoms with van der Waals surface area (Å²) < 4.78 is 5.55. The third-order valence-electron chi connectivity index (χ3n) is 5.88. The van der Waals surface area contributed by atoms with E-state index in [1.165, 1.54) is 22.3 Å². The molecule has 2 unspecified atom stereocenters.